The highest BCUT2D eigenvalue weighted by atomic mass is 32.2. The summed E-state index contributed by atoms with van der Waals surface area (Å²) in [7, 11) is 1.45. The largest absolute Gasteiger partial charge is 0.370 e. The third-order valence-electron chi connectivity index (χ3n) is 5.93. The summed E-state index contributed by atoms with van der Waals surface area (Å²) in [4.78, 5) is 41.1. The van der Waals surface area contributed by atoms with E-state index in [2.05, 4.69) is 20.3 Å². The van der Waals surface area contributed by atoms with E-state index in [9.17, 15) is 14.4 Å². The molecule has 162 valence electrons. The molecular formula is C20H28N6O3S. The van der Waals surface area contributed by atoms with Crippen molar-refractivity contribution in [1.82, 2.24) is 24.2 Å². The van der Waals surface area contributed by atoms with E-state index in [-0.39, 0.29) is 17.2 Å². The number of aromatic amines is 1. The molecule has 0 aromatic carbocycles. The van der Waals surface area contributed by atoms with Gasteiger partial charge < -0.3 is 5.32 Å². The van der Waals surface area contributed by atoms with Crippen molar-refractivity contribution in [2.75, 3.05) is 30.7 Å². The lowest BCUT2D eigenvalue weighted by molar-refractivity contribution is 0.147. The Bertz CT molecular complexity index is 1040. The van der Waals surface area contributed by atoms with Gasteiger partial charge in [-0.15, -0.1) is 0 Å². The van der Waals surface area contributed by atoms with Gasteiger partial charge in [0.25, 0.3) is 11.1 Å². The van der Waals surface area contributed by atoms with Crippen molar-refractivity contribution in [1.29, 1.82) is 0 Å². The Kier molecular flexibility index (Phi) is 6.43. The topological polar surface area (TPSA) is 105 Å². The fourth-order valence-electron chi connectivity index (χ4n) is 4.10. The van der Waals surface area contributed by atoms with Crippen molar-refractivity contribution in [2.45, 2.75) is 44.0 Å². The Morgan fingerprint density at radius 1 is 1.20 bits per heavy atom. The first kappa shape index (κ1) is 20.9. The van der Waals surface area contributed by atoms with E-state index in [0.717, 1.165) is 66.1 Å². The molecule has 30 heavy (non-hydrogen) atoms. The maximum Gasteiger partial charge on any atom is 0.329 e. The quantitative estimate of drug-likeness (QED) is 0.680. The van der Waals surface area contributed by atoms with Gasteiger partial charge in [-0.3, -0.25) is 24.0 Å². The molecule has 0 aliphatic carbocycles. The number of thioether (sulfide) groups is 1. The maximum absolute atomic E-state index is 12.4. The first-order valence-electron chi connectivity index (χ1n) is 10.5. The number of rotatable bonds is 6. The van der Waals surface area contributed by atoms with Crippen LogP contribution in [0.3, 0.4) is 0 Å². The van der Waals surface area contributed by atoms with Gasteiger partial charge in [-0.1, -0.05) is 6.42 Å². The highest BCUT2D eigenvalue weighted by Crippen LogP contribution is 2.21. The number of fused-ring (bicyclic) bond motifs is 1. The van der Waals surface area contributed by atoms with Crippen LogP contribution in [-0.4, -0.2) is 55.7 Å². The molecule has 2 aromatic rings. The standard InChI is InChI=1S/C20H28N6O3S/c1-24-18(27)11-17(22-20(24)29)21-12-15-4-2-3-6-25(15)7-8-26-19(28)10-14-13-30-9-5-16(14)23-26/h10-11,15,21H,2-9,12-13H2,1H3,(H,22,29). The monoisotopic (exact) mass is 432 g/mol. The van der Waals surface area contributed by atoms with Gasteiger partial charge in [-0.2, -0.15) is 16.9 Å². The minimum atomic E-state index is -0.429. The average molecular weight is 433 g/mol. The Morgan fingerprint density at radius 3 is 2.90 bits per heavy atom. The van der Waals surface area contributed by atoms with Crippen LogP contribution < -0.4 is 22.1 Å². The van der Waals surface area contributed by atoms with Gasteiger partial charge in [0.1, 0.15) is 5.82 Å². The van der Waals surface area contributed by atoms with Crippen LogP contribution in [0.15, 0.2) is 26.5 Å². The van der Waals surface area contributed by atoms with Crippen LogP contribution >= 0.6 is 11.8 Å². The van der Waals surface area contributed by atoms with Crippen LogP contribution in [0, 0.1) is 0 Å². The number of nitrogens with one attached hydrogen (secondary N) is 2. The summed E-state index contributed by atoms with van der Waals surface area (Å²) in [5.41, 5.74) is 1.34. The summed E-state index contributed by atoms with van der Waals surface area (Å²) in [5.74, 6) is 2.38. The molecule has 0 bridgehead atoms. The van der Waals surface area contributed by atoms with Gasteiger partial charge in [-0.25, -0.2) is 9.48 Å². The molecular weight excluding hydrogens is 404 g/mol. The number of anilines is 1. The van der Waals surface area contributed by atoms with Crippen LogP contribution in [0.1, 0.15) is 30.5 Å². The minimum absolute atomic E-state index is 0.0272. The predicted octanol–water partition coefficient (Wildman–Crippen LogP) is 0.386. The summed E-state index contributed by atoms with van der Waals surface area (Å²) < 4.78 is 2.65. The molecule has 4 heterocycles. The number of piperidine rings is 1. The predicted molar refractivity (Wildman–Crippen MR) is 118 cm³/mol. The molecule has 1 atom stereocenters. The van der Waals surface area contributed by atoms with Crippen molar-refractivity contribution in [3.63, 3.8) is 0 Å². The first-order valence-corrected chi connectivity index (χ1v) is 11.6. The van der Waals surface area contributed by atoms with Crippen molar-refractivity contribution in [2.24, 2.45) is 7.05 Å². The summed E-state index contributed by atoms with van der Waals surface area (Å²) in [5, 5.41) is 7.82. The van der Waals surface area contributed by atoms with Crippen molar-refractivity contribution in [3.05, 3.63) is 54.6 Å². The zero-order valence-corrected chi connectivity index (χ0v) is 18.0. The fraction of sp³-hybridized carbons (Fsp3) is 0.600. The van der Waals surface area contributed by atoms with E-state index in [1.165, 1.54) is 13.1 Å². The molecule has 1 fully saturated rings. The van der Waals surface area contributed by atoms with E-state index >= 15 is 0 Å². The minimum Gasteiger partial charge on any atom is -0.370 e. The van der Waals surface area contributed by atoms with Crippen LogP contribution in [0.2, 0.25) is 0 Å². The molecule has 2 aliphatic rings. The number of H-pyrrole nitrogens is 1. The van der Waals surface area contributed by atoms with Gasteiger partial charge in [0.2, 0.25) is 0 Å². The van der Waals surface area contributed by atoms with Crippen LogP contribution in [0.25, 0.3) is 0 Å². The van der Waals surface area contributed by atoms with E-state index in [1.807, 2.05) is 11.8 Å². The molecule has 0 radical (unpaired) electrons. The summed E-state index contributed by atoms with van der Waals surface area (Å²) in [6.45, 7) is 2.92. The average Bonchev–Trinajstić information content (AvgIpc) is 2.75. The number of hydrogen-bond donors (Lipinski definition) is 2. The van der Waals surface area contributed by atoms with E-state index < -0.39 is 5.69 Å². The smallest absolute Gasteiger partial charge is 0.329 e. The summed E-state index contributed by atoms with van der Waals surface area (Å²) in [6.07, 6.45) is 4.23. The normalized spacial score (nSPS) is 19.4. The maximum atomic E-state index is 12.4. The summed E-state index contributed by atoms with van der Waals surface area (Å²) >= 11 is 1.85. The molecule has 0 saturated carbocycles. The van der Waals surface area contributed by atoms with Gasteiger partial charge in [0.15, 0.2) is 0 Å². The van der Waals surface area contributed by atoms with Crippen molar-refractivity contribution < 1.29 is 0 Å². The lowest BCUT2D eigenvalue weighted by Gasteiger charge is -2.36. The van der Waals surface area contributed by atoms with Crippen LogP contribution in [0.4, 0.5) is 5.82 Å². The van der Waals surface area contributed by atoms with Crippen LogP contribution in [0.5, 0.6) is 0 Å². The number of aromatic nitrogens is 4. The Morgan fingerprint density at radius 2 is 2.07 bits per heavy atom. The lowest BCUT2D eigenvalue weighted by Crippen LogP contribution is -2.46. The molecule has 9 nitrogen and oxygen atoms in total. The van der Waals surface area contributed by atoms with Gasteiger partial charge in [0.05, 0.1) is 12.2 Å². The Labute approximate surface area is 178 Å². The number of aryl methyl sites for hydroxylation is 1. The second kappa shape index (κ2) is 9.22. The molecule has 2 aromatic heterocycles. The number of hydrogen-bond acceptors (Lipinski definition) is 7. The zero-order valence-electron chi connectivity index (χ0n) is 17.2. The Hall–Kier alpha value is -2.33. The van der Waals surface area contributed by atoms with Gasteiger partial charge in [0, 0.05) is 50.5 Å². The molecule has 1 unspecified atom stereocenters. The highest BCUT2D eigenvalue weighted by molar-refractivity contribution is 7.98. The van der Waals surface area contributed by atoms with E-state index in [1.54, 1.807) is 10.7 Å². The molecule has 4 rings (SSSR count). The van der Waals surface area contributed by atoms with E-state index in [4.69, 9.17) is 0 Å². The third-order valence-corrected chi connectivity index (χ3v) is 6.93. The number of likely N-dealkylation sites (tertiary alicyclic amines) is 1. The Balaban J connectivity index is 1.40. The fourth-order valence-corrected chi connectivity index (χ4v) is 5.05. The second-order valence-corrected chi connectivity index (χ2v) is 9.04. The van der Waals surface area contributed by atoms with Crippen molar-refractivity contribution >= 4 is 17.6 Å². The summed E-state index contributed by atoms with van der Waals surface area (Å²) in [6, 6.07) is 3.43. The third kappa shape index (κ3) is 4.70. The van der Waals surface area contributed by atoms with Crippen molar-refractivity contribution in [3.8, 4) is 0 Å². The van der Waals surface area contributed by atoms with E-state index in [0.29, 0.717) is 18.9 Å². The second-order valence-electron chi connectivity index (χ2n) is 7.93. The SMILES string of the molecule is Cn1c(=O)cc(NCC2CCCCN2CCn2nc3c(cc2=O)CSCC3)[nH]c1=O. The lowest BCUT2D eigenvalue weighted by atomic mass is 10.0. The number of nitrogens with zero attached hydrogens (tertiary/aromatic N) is 4. The molecule has 2 aliphatic heterocycles. The highest BCUT2D eigenvalue weighted by Gasteiger charge is 2.23. The molecule has 2 N–H and O–H groups in total. The molecule has 1 saturated heterocycles. The van der Waals surface area contributed by atoms with Gasteiger partial charge in [-0.05, 0) is 30.7 Å². The van der Waals surface area contributed by atoms with Gasteiger partial charge >= 0.3 is 5.69 Å². The molecule has 0 spiro atoms. The molecule has 0 amide bonds. The van der Waals surface area contributed by atoms with Crippen LogP contribution in [-0.2, 0) is 25.8 Å². The molecule has 10 heteroatoms. The zero-order chi connectivity index (χ0) is 21.1. The first-order chi connectivity index (χ1) is 14.5.